The Labute approximate surface area is 162 Å². The van der Waals surface area contributed by atoms with Crippen molar-refractivity contribution < 1.29 is 9.47 Å². The van der Waals surface area contributed by atoms with Crippen molar-refractivity contribution in [1.82, 2.24) is 14.8 Å². The highest BCUT2D eigenvalue weighted by Gasteiger charge is 2.39. The maximum absolute atomic E-state index is 5.87. The van der Waals surface area contributed by atoms with Gasteiger partial charge in [-0.05, 0) is 38.7 Å². The molecule has 0 spiro atoms. The molecule has 1 fully saturated rings. The van der Waals surface area contributed by atoms with E-state index in [-0.39, 0.29) is 5.41 Å². The van der Waals surface area contributed by atoms with Gasteiger partial charge in [0.05, 0.1) is 18.6 Å². The second-order valence-electron chi connectivity index (χ2n) is 8.28. The van der Waals surface area contributed by atoms with Gasteiger partial charge in [-0.2, -0.15) is 0 Å². The fourth-order valence-electron chi connectivity index (χ4n) is 4.44. The van der Waals surface area contributed by atoms with Crippen molar-refractivity contribution in [2.24, 2.45) is 0 Å². The highest BCUT2D eigenvalue weighted by molar-refractivity contribution is 5.32. The third kappa shape index (κ3) is 3.81. The van der Waals surface area contributed by atoms with Gasteiger partial charge in [-0.15, -0.1) is 10.2 Å². The van der Waals surface area contributed by atoms with Gasteiger partial charge < -0.3 is 14.0 Å². The van der Waals surface area contributed by atoms with E-state index in [9.17, 15) is 0 Å². The van der Waals surface area contributed by atoms with Gasteiger partial charge in [0.1, 0.15) is 11.6 Å². The smallest absolute Gasteiger partial charge is 0.165 e. The van der Waals surface area contributed by atoms with Gasteiger partial charge in [-0.25, -0.2) is 0 Å². The van der Waals surface area contributed by atoms with Crippen molar-refractivity contribution in [3.63, 3.8) is 0 Å². The standard InChI is InChI=1S/C22H31N3O2/c1-21(18-10-6-5-7-11-18,13-14-22(2)26-16-17-27-22)20-24-23-19-12-8-3-4-9-15-25(19)20/h5-7,10-11H,3-4,8-9,12-17H2,1-2H3. The molecule has 5 nitrogen and oxygen atoms in total. The number of aromatic nitrogens is 3. The number of hydrogen-bond donors (Lipinski definition) is 0. The van der Waals surface area contributed by atoms with Crippen LogP contribution in [0, 0.1) is 0 Å². The van der Waals surface area contributed by atoms with Crippen molar-refractivity contribution in [3.05, 3.63) is 47.5 Å². The zero-order chi connectivity index (χ0) is 18.7. The highest BCUT2D eigenvalue weighted by Crippen LogP contribution is 2.39. The first-order valence-electron chi connectivity index (χ1n) is 10.4. The highest BCUT2D eigenvalue weighted by atomic mass is 16.7. The molecular weight excluding hydrogens is 338 g/mol. The Morgan fingerprint density at radius 3 is 2.56 bits per heavy atom. The average molecular weight is 370 g/mol. The van der Waals surface area contributed by atoms with Crippen LogP contribution < -0.4 is 0 Å². The monoisotopic (exact) mass is 369 g/mol. The predicted octanol–water partition coefficient (Wildman–Crippen LogP) is 4.24. The molecule has 0 amide bonds. The maximum atomic E-state index is 5.87. The Bertz CT molecular complexity index is 752. The molecule has 1 atom stereocenters. The number of hydrogen-bond acceptors (Lipinski definition) is 4. The molecule has 1 saturated heterocycles. The van der Waals surface area contributed by atoms with E-state index < -0.39 is 5.79 Å². The van der Waals surface area contributed by atoms with Gasteiger partial charge in [0, 0.05) is 19.4 Å². The SMILES string of the molecule is CC1(CCC(C)(c2ccccc2)c2nnc3n2CCCCCC3)OCCO1. The molecule has 3 heterocycles. The van der Waals surface area contributed by atoms with Gasteiger partial charge in [-0.3, -0.25) is 0 Å². The maximum Gasteiger partial charge on any atom is 0.165 e. The minimum Gasteiger partial charge on any atom is -0.348 e. The third-order valence-corrected chi connectivity index (χ3v) is 6.24. The number of benzene rings is 1. The topological polar surface area (TPSA) is 49.2 Å². The zero-order valence-corrected chi connectivity index (χ0v) is 16.6. The first kappa shape index (κ1) is 18.6. The summed E-state index contributed by atoms with van der Waals surface area (Å²) in [5.41, 5.74) is 1.06. The van der Waals surface area contributed by atoms with Crippen molar-refractivity contribution >= 4 is 0 Å². The summed E-state index contributed by atoms with van der Waals surface area (Å²) in [5, 5.41) is 9.33. The normalized spacial score (nSPS) is 21.9. The van der Waals surface area contributed by atoms with E-state index in [2.05, 4.69) is 53.8 Å². The van der Waals surface area contributed by atoms with Crippen LogP contribution in [0.5, 0.6) is 0 Å². The lowest BCUT2D eigenvalue weighted by molar-refractivity contribution is -0.149. The van der Waals surface area contributed by atoms with E-state index in [1.54, 1.807) is 0 Å². The number of ether oxygens (including phenoxy) is 2. The van der Waals surface area contributed by atoms with E-state index in [4.69, 9.17) is 14.6 Å². The molecule has 2 aliphatic heterocycles. The van der Waals surface area contributed by atoms with Crippen molar-refractivity contribution in [2.45, 2.75) is 76.5 Å². The second kappa shape index (κ2) is 7.72. The summed E-state index contributed by atoms with van der Waals surface area (Å²) >= 11 is 0. The summed E-state index contributed by atoms with van der Waals surface area (Å²) in [6.07, 6.45) is 7.77. The van der Waals surface area contributed by atoms with Crippen LogP contribution in [0.25, 0.3) is 0 Å². The van der Waals surface area contributed by atoms with E-state index in [1.165, 1.54) is 31.2 Å². The van der Waals surface area contributed by atoms with Crippen LogP contribution in [0.4, 0.5) is 0 Å². The molecule has 0 N–H and O–H groups in total. The van der Waals surface area contributed by atoms with E-state index in [0.717, 1.165) is 37.5 Å². The van der Waals surface area contributed by atoms with Crippen LogP contribution in [0.3, 0.4) is 0 Å². The van der Waals surface area contributed by atoms with Crippen LogP contribution in [0.1, 0.15) is 69.6 Å². The van der Waals surface area contributed by atoms with Gasteiger partial charge in [-0.1, -0.05) is 43.2 Å². The molecule has 5 heteroatoms. The molecule has 1 aromatic carbocycles. The number of aryl methyl sites for hydroxylation is 1. The Morgan fingerprint density at radius 2 is 1.78 bits per heavy atom. The summed E-state index contributed by atoms with van der Waals surface area (Å²) in [7, 11) is 0. The van der Waals surface area contributed by atoms with Crippen molar-refractivity contribution in [1.29, 1.82) is 0 Å². The average Bonchev–Trinajstić information content (AvgIpc) is 3.27. The number of rotatable bonds is 5. The summed E-state index contributed by atoms with van der Waals surface area (Å²) in [4.78, 5) is 0. The summed E-state index contributed by atoms with van der Waals surface area (Å²) in [6.45, 7) is 6.73. The fourth-order valence-corrected chi connectivity index (χ4v) is 4.44. The number of nitrogens with zero attached hydrogens (tertiary/aromatic N) is 3. The zero-order valence-electron chi connectivity index (χ0n) is 16.6. The molecule has 0 saturated carbocycles. The molecule has 146 valence electrons. The Hall–Kier alpha value is -1.72. The molecule has 0 aliphatic carbocycles. The summed E-state index contributed by atoms with van der Waals surface area (Å²) < 4.78 is 14.1. The van der Waals surface area contributed by atoms with Crippen LogP contribution in [-0.4, -0.2) is 33.8 Å². The van der Waals surface area contributed by atoms with Crippen molar-refractivity contribution in [3.8, 4) is 0 Å². The summed E-state index contributed by atoms with van der Waals surface area (Å²) in [5.74, 6) is 1.74. The molecular formula is C22H31N3O2. The van der Waals surface area contributed by atoms with Gasteiger partial charge in [0.25, 0.3) is 0 Å². The largest absolute Gasteiger partial charge is 0.348 e. The van der Waals surface area contributed by atoms with Crippen LogP contribution in [0.2, 0.25) is 0 Å². The number of fused-ring (bicyclic) bond motifs is 1. The van der Waals surface area contributed by atoms with E-state index in [1.807, 2.05) is 0 Å². The van der Waals surface area contributed by atoms with Crippen LogP contribution in [0.15, 0.2) is 30.3 Å². The lowest BCUT2D eigenvalue weighted by Crippen LogP contribution is -2.34. The van der Waals surface area contributed by atoms with Gasteiger partial charge in [0.2, 0.25) is 0 Å². The first-order chi connectivity index (χ1) is 13.1. The van der Waals surface area contributed by atoms with Gasteiger partial charge in [0.15, 0.2) is 5.79 Å². The molecule has 4 rings (SSSR count). The first-order valence-corrected chi connectivity index (χ1v) is 10.4. The van der Waals surface area contributed by atoms with E-state index >= 15 is 0 Å². The molecule has 0 radical (unpaired) electrons. The minimum atomic E-state index is -0.491. The molecule has 27 heavy (non-hydrogen) atoms. The molecule has 1 aromatic heterocycles. The second-order valence-corrected chi connectivity index (χ2v) is 8.28. The third-order valence-electron chi connectivity index (χ3n) is 6.24. The lowest BCUT2D eigenvalue weighted by Gasteiger charge is -2.33. The molecule has 1 unspecified atom stereocenters. The molecule has 2 aliphatic rings. The summed E-state index contributed by atoms with van der Waals surface area (Å²) in [6, 6.07) is 10.7. The minimum absolute atomic E-state index is 0.218. The van der Waals surface area contributed by atoms with Crippen LogP contribution in [-0.2, 0) is 27.9 Å². The van der Waals surface area contributed by atoms with Gasteiger partial charge >= 0.3 is 0 Å². The Kier molecular flexibility index (Phi) is 5.33. The quantitative estimate of drug-likeness (QED) is 0.791. The predicted molar refractivity (Wildman–Crippen MR) is 105 cm³/mol. The lowest BCUT2D eigenvalue weighted by atomic mass is 9.76. The Balaban J connectivity index is 1.70. The molecule has 2 aromatic rings. The van der Waals surface area contributed by atoms with Crippen LogP contribution >= 0.6 is 0 Å². The molecule has 0 bridgehead atoms. The van der Waals surface area contributed by atoms with Crippen molar-refractivity contribution in [2.75, 3.05) is 13.2 Å². The Morgan fingerprint density at radius 1 is 1.04 bits per heavy atom. The van der Waals surface area contributed by atoms with E-state index in [0.29, 0.717) is 13.2 Å². The fraction of sp³-hybridized carbons (Fsp3) is 0.636.